The van der Waals surface area contributed by atoms with Crippen molar-refractivity contribution in [2.75, 3.05) is 0 Å². The summed E-state index contributed by atoms with van der Waals surface area (Å²) < 4.78 is 6.64. The van der Waals surface area contributed by atoms with E-state index in [9.17, 15) is 0 Å². The lowest BCUT2D eigenvalue weighted by molar-refractivity contribution is 0.669. The summed E-state index contributed by atoms with van der Waals surface area (Å²) in [6.07, 6.45) is 0. The van der Waals surface area contributed by atoms with E-state index in [4.69, 9.17) is 24.4 Å². The zero-order valence-corrected chi connectivity index (χ0v) is 31.7. The van der Waals surface area contributed by atoms with Crippen LogP contribution in [0.25, 0.3) is 122 Å². The number of nitrogens with zero attached hydrogens (tertiary/aromatic N) is 4. The number of furan rings is 1. The van der Waals surface area contributed by atoms with Crippen LogP contribution in [0, 0.1) is 0 Å². The summed E-state index contributed by atoms with van der Waals surface area (Å²) in [4.78, 5) is 20.9. The number of hydrogen-bond acceptors (Lipinski definition) is 5. The summed E-state index contributed by atoms with van der Waals surface area (Å²) >= 11 is 0. The molecule has 0 aliphatic heterocycles. The Hall–Kier alpha value is -8.02. The molecule has 9 aromatic carbocycles. The lowest BCUT2D eigenvalue weighted by atomic mass is 9.89. The van der Waals surface area contributed by atoms with Gasteiger partial charge in [-0.1, -0.05) is 176 Å². The molecule has 12 aromatic rings. The fourth-order valence-electron chi connectivity index (χ4n) is 8.79. The number of pyridine rings is 1. The molecule has 3 heterocycles. The maximum atomic E-state index is 6.64. The first-order valence-corrected chi connectivity index (χ1v) is 19.8. The van der Waals surface area contributed by atoms with E-state index in [1.54, 1.807) is 0 Å². The Morgan fingerprint density at radius 3 is 1.56 bits per heavy atom. The van der Waals surface area contributed by atoms with Crippen LogP contribution in [0.1, 0.15) is 0 Å². The standard InChI is InChI=1S/C54H32N4O/c1-2-16-36(17-3-1)51-44-32-47-50(43-23-9-11-27-46(43)59-47)48(49(44)42-22-8-10-26-45(42)55-51)35-28-30-37(31-29-35)52-56-53(40-24-12-18-33-14-4-6-20-38(33)40)58-54(57-52)41-25-13-19-34-15-5-7-21-39(34)41/h1-32H. The molecule has 0 bridgehead atoms. The fourth-order valence-corrected chi connectivity index (χ4v) is 8.79. The van der Waals surface area contributed by atoms with Crippen LogP contribution >= 0.6 is 0 Å². The molecule has 5 nitrogen and oxygen atoms in total. The number of hydrogen-bond donors (Lipinski definition) is 0. The Kier molecular flexibility index (Phi) is 7.47. The van der Waals surface area contributed by atoms with Gasteiger partial charge in [0, 0.05) is 54.7 Å². The highest BCUT2D eigenvalue weighted by Crippen LogP contribution is 2.46. The maximum Gasteiger partial charge on any atom is 0.164 e. The van der Waals surface area contributed by atoms with E-state index in [0.29, 0.717) is 17.5 Å². The van der Waals surface area contributed by atoms with Gasteiger partial charge in [-0.05, 0) is 45.3 Å². The van der Waals surface area contributed by atoms with Gasteiger partial charge < -0.3 is 4.42 Å². The molecule has 0 radical (unpaired) electrons. The average molecular weight is 753 g/mol. The summed E-state index contributed by atoms with van der Waals surface area (Å²) in [5.74, 6) is 1.87. The molecule has 0 saturated carbocycles. The van der Waals surface area contributed by atoms with Crippen molar-refractivity contribution in [3.63, 3.8) is 0 Å². The molecule has 274 valence electrons. The number of rotatable bonds is 5. The van der Waals surface area contributed by atoms with Gasteiger partial charge in [0.05, 0.1) is 11.2 Å². The molecule has 5 heteroatoms. The molecule has 0 unspecified atom stereocenters. The van der Waals surface area contributed by atoms with Gasteiger partial charge in [0.2, 0.25) is 0 Å². The molecule has 59 heavy (non-hydrogen) atoms. The van der Waals surface area contributed by atoms with Gasteiger partial charge in [0.25, 0.3) is 0 Å². The van der Waals surface area contributed by atoms with E-state index in [1.165, 1.54) is 0 Å². The summed E-state index contributed by atoms with van der Waals surface area (Å²) in [6.45, 7) is 0. The van der Waals surface area contributed by atoms with Crippen molar-refractivity contribution in [2.24, 2.45) is 0 Å². The van der Waals surface area contributed by atoms with E-state index >= 15 is 0 Å². The third-order valence-corrected chi connectivity index (χ3v) is 11.5. The quantitative estimate of drug-likeness (QED) is 0.164. The Morgan fingerprint density at radius 2 is 0.864 bits per heavy atom. The molecule has 0 amide bonds. The SMILES string of the molecule is c1ccc(-c2nc3ccccc3c3c(-c4ccc(-c5nc(-c6cccc7ccccc67)nc(-c6cccc7ccccc67)n5)cc4)c4c(cc23)oc2ccccc24)cc1. The molecular weight excluding hydrogens is 721 g/mol. The first-order valence-electron chi connectivity index (χ1n) is 19.8. The Balaban J connectivity index is 1.11. The normalized spacial score (nSPS) is 11.7. The highest BCUT2D eigenvalue weighted by Gasteiger charge is 2.22. The minimum absolute atomic E-state index is 0.607. The van der Waals surface area contributed by atoms with E-state index in [-0.39, 0.29) is 0 Å². The molecule has 0 fully saturated rings. The van der Waals surface area contributed by atoms with Gasteiger partial charge in [-0.25, -0.2) is 19.9 Å². The van der Waals surface area contributed by atoms with Crippen molar-refractivity contribution < 1.29 is 4.42 Å². The van der Waals surface area contributed by atoms with Crippen LogP contribution in [0.3, 0.4) is 0 Å². The first kappa shape index (κ1) is 33.2. The number of fused-ring (bicyclic) bond motifs is 8. The Labute approximate surface area is 338 Å². The largest absolute Gasteiger partial charge is 0.456 e. The van der Waals surface area contributed by atoms with Gasteiger partial charge in [-0.15, -0.1) is 0 Å². The van der Waals surface area contributed by atoms with Gasteiger partial charge in [0.15, 0.2) is 17.5 Å². The highest BCUT2D eigenvalue weighted by atomic mass is 16.3. The number of aromatic nitrogens is 4. The second kappa shape index (κ2) is 13.3. The monoisotopic (exact) mass is 752 g/mol. The summed E-state index contributed by atoms with van der Waals surface area (Å²) in [5, 5.41) is 9.87. The van der Waals surface area contributed by atoms with Gasteiger partial charge >= 0.3 is 0 Å². The smallest absolute Gasteiger partial charge is 0.164 e. The second-order valence-corrected chi connectivity index (χ2v) is 14.9. The van der Waals surface area contributed by atoms with Crippen molar-refractivity contribution in [1.82, 2.24) is 19.9 Å². The summed E-state index contributed by atoms with van der Waals surface area (Å²) in [7, 11) is 0. The van der Waals surface area contributed by atoms with Crippen molar-refractivity contribution in [1.29, 1.82) is 0 Å². The van der Waals surface area contributed by atoms with Gasteiger partial charge in [-0.2, -0.15) is 0 Å². The first-order chi connectivity index (χ1) is 29.2. The average Bonchev–Trinajstić information content (AvgIpc) is 3.68. The lowest BCUT2D eigenvalue weighted by Gasteiger charge is -2.16. The lowest BCUT2D eigenvalue weighted by Crippen LogP contribution is -2.01. The minimum atomic E-state index is 0.607. The van der Waals surface area contributed by atoms with Crippen LogP contribution in [-0.2, 0) is 0 Å². The Morgan fingerprint density at radius 1 is 0.322 bits per heavy atom. The van der Waals surface area contributed by atoms with Crippen LogP contribution in [-0.4, -0.2) is 19.9 Å². The number of para-hydroxylation sites is 2. The fraction of sp³-hybridized carbons (Fsp3) is 0. The topological polar surface area (TPSA) is 64.7 Å². The highest BCUT2D eigenvalue weighted by molar-refractivity contribution is 6.27. The molecule has 12 rings (SSSR count). The molecule has 0 saturated heterocycles. The van der Waals surface area contributed by atoms with Gasteiger partial charge in [0.1, 0.15) is 11.2 Å². The van der Waals surface area contributed by atoms with Crippen LogP contribution in [0.2, 0.25) is 0 Å². The van der Waals surface area contributed by atoms with Crippen LogP contribution in [0.15, 0.2) is 199 Å². The molecule has 3 aromatic heterocycles. The molecule has 0 N–H and O–H groups in total. The molecule has 0 aliphatic carbocycles. The van der Waals surface area contributed by atoms with Crippen LogP contribution < -0.4 is 0 Å². The number of benzene rings is 9. The van der Waals surface area contributed by atoms with E-state index in [2.05, 4.69) is 176 Å². The van der Waals surface area contributed by atoms with Crippen molar-refractivity contribution in [2.45, 2.75) is 0 Å². The van der Waals surface area contributed by atoms with Crippen LogP contribution in [0.4, 0.5) is 0 Å². The minimum Gasteiger partial charge on any atom is -0.456 e. The van der Waals surface area contributed by atoms with Gasteiger partial charge in [-0.3, -0.25) is 0 Å². The van der Waals surface area contributed by atoms with E-state index in [1.807, 2.05) is 18.2 Å². The molecular formula is C54H32N4O. The maximum absolute atomic E-state index is 6.64. The zero-order valence-electron chi connectivity index (χ0n) is 31.7. The Bertz CT molecular complexity index is 3500. The third-order valence-electron chi connectivity index (χ3n) is 11.5. The van der Waals surface area contributed by atoms with Crippen LogP contribution in [0.5, 0.6) is 0 Å². The molecule has 0 aliphatic rings. The summed E-state index contributed by atoms with van der Waals surface area (Å²) in [5.41, 5.74) is 9.57. The molecule has 0 spiro atoms. The van der Waals surface area contributed by atoms with Crippen molar-refractivity contribution in [3.05, 3.63) is 194 Å². The predicted molar refractivity (Wildman–Crippen MR) is 242 cm³/mol. The second-order valence-electron chi connectivity index (χ2n) is 14.9. The van der Waals surface area contributed by atoms with Crippen molar-refractivity contribution >= 4 is 65.2 Å². The summed E-state index contributed by atoms with van der Waals surface area (Å²) in [6, 6.07) is 67.4. The molecule has 0 atom stereocenters. The third kappa shape index (κ3) is 5.40. The van der Waals surface area contributed by atoms with E-state index in [0.717, 1.165) is 104 Å². The predicted octanol–water partition coefficient (Wildman–Crippen LogP) is 14.1. The zero-order chi connectivity index (χ0) is 38.9. The van der Waals surface area contributed by atoms with Crippen molar-refractivity contribution in [3.8, 4) is 56.5 Å². The van der Waals surface area contributed by atoms with E-state index < -0.39 is 0 Å².